The Morgan fingerprint density at radius 2 is 2.06 bits per heavy atom. The molecule has 0 aliphatic carbocycles. The normalized spacial score (nSPS) is 21.3. The summed E-state index contributed by atoms with van der Waals surface area (Å²) in [4.78, 5) is 14.0. The van der Waals surface area contributed by atoms with Crippen molar-refractivity contribution in [1.82, 2.24) is 10.2 Å². The Bertz CT molecular complexity index is 218. The van der Waals surface area contributed by atoms with E-state index in [1.807, 2.05) is 0 Å². The molecule has 1 atom stereocenters. The molecule has 1 aliphatic rings. The van der Waals surface area contributed by atoms with Crippen molar-refractivity contribution in [1.29, 1.82) is 0 Å². The van der Waals surface area contributed by atoms with Gasteiger partial charge in [0.2, 0.25) is 5.91 Å². The highest BCUT2D eigenvalue weighted by Crippen LogP contribution is 2.21. The van der Waals surface area contributed by atoms with Crippen LogP contribution in [0.4, 0.5) is 0 Å². The van der Waals surface area contributed by atoms with E-state index >= 15 is 0 Å². The Kier molecular flexibility index (Phi) is 7.25. The summed E-state index contributed by atoms with van der Waals surface area (Å²) in [6.07, 6.45) is 7.39. The minimum Gasteiger partial charge on any atom is -0.342 e. The quantitative estimate of drug-likeness (QED) is 0.723. The zero-order chi connectivity index (χ0) is 12.5. The summed E-state index contributed by atoms with van der Waals surface area (Å²) in [5, 5.41) is 3.20. The van der Waals surface area contributed by atoms with E-state index in [1.165, 1.54) is 32.1 Å². The van der Waals surface area contributed by atoms with Gasteiger partial charge in [0.05, 0.1) is 6.54 Å². The number of carbonyl (C=O) groups excluding carboxylic acids is 1. The molecule has 1 aliphatic heterocycles. The van der Waals surface area contributed by atoms with Crippen LogP contribution >= 0.6 is 0 Å². The van der Waals surface area contributed by atoms with Crippen LogP contribution in [0.25, 0.3) is 0 Å². The first-order chi connectivity index (χ1) is 8.27. The van der Waals surface area contributed by atoms with Gasteiger partial charge in [0.25, 0.3) is 0 Å². The SMILES string of the molecule is CCCNCC(=O)N1CCCC(CCC)CC1. The Morgan fingerprint density at radius 1 is 1.24 bits per heavy atom. The van der Waals surface area contributed by atoms with Crippen molar-refractivity contribution in [2.75, 3.05) is 26.2 Å². The van der Waals surface area contributed by atoms with E-state index in [9.17, 15) is 4.79 Å². The lowest BCUT2D eigenvalue weighted by atomic mass is 9.96. The molecule has 0 aromatic carbocycles. The minimum atomic E-state index is 0.288. The van der Waals surface area contributed by atoms with Gasteiger partial charge in [0.15, 0.2) is 0 Å². The standard InChI is InChI=1S/C14H28N2O/c1-3-6-13-7-5-10-16(11-8-13)14(17)12-15-9-4-2/h13,15H,3-12H2,1-2H3. The third kappa shape index (κ3) is 5.53. The molecule has 17 heavy (non-hydrogen) atoms. The molecule has 0 saturated carbocycles. The van der Waals surface area contributed by atoms with E-state index in [4.69, 9.17) is 0 Å². The van der Waals surface area contributed by atoms with Gasteiger partial charge >= 0.3 is 0 Å². The van der Waals surface area contributed by atoms with Crippen molar-refractivity contribution in [2.45, 2.75) is 52.4 Å². The fraction of sp³-hybridized carbons (Fsp3) is 0.929. The van der Waals surface area contributed by atoms with Crippen molar-refractivity contribution in [3.05, 3.63) is 0 Å². The summed E-state index contributed by atoms with van der Waals surface area (Å²) in [5.74, 6) is 1.14. The zero-order valence-electron chi connectivity index (χ0n) is 11.5. The first kappa shape index (κ1) is 14.5. The van der Waals surface area contributed by atoms with E-state index in [1.54, 1.807) is 0 Å². The molecule has 1 amide bonds. The lowest BCUT2D eigenvalue weighted by molar-refractivity contribution is -0.130. The summed E-state index contributed by atoms with van der Waals surface area (Å²) in [5.41, 5.74) is 0. The Balaban J connectivity index is 2.27. The minimum absolute atomic E-state index is 0.288. The molecule has 1 heterocycles. The van der Waals surface area contributed by atoms with Crippen molar-refractivity contribution < 1.29 is 4.79 Å². The molecular weight excluding hydrogens is 212 g/mol. The third-order valence-corrected chi connectivity index (χ3v) is 3.60. The van der Waals surface area contributed by atoms with Gasteiger partial charge in [-0.1, -0.05) is 26.7 Å². The van der Waals surface area contributed by atoms with E-state index in [2.05, 4.69) is 24.1 Å². The average Bonchev–Trinajstić information content (AvgIpc) is 2.55. The summed E-state index contributed by atoms with van der Waals surface area (Å²) < 4.78 is 0. The molecule has 0 bridgehead atoms. The molecule has 100 valence electrons. The van der Waals surface area contributed by atoms with Crippen molar-refractivity contribution in [2.24, 2.45) is 5.92 Å². The van der Waals surface area contributed by atoms with Gasteiger partial charge in [0.1, 0.15) is 0 Å². The number of amides is 1. The molecule has 3 heteroatoms. The Morgan fingerprint density at radius 3 is 2.76 bits per heavy atom. The summed E-state index contributed by atoms with van der Waals surface area (Å²) in [7, 11) is 0. The lowest BCUT2D eigenvalue weighted by Crippen LogP contribution is -2.39. The monoisotopic (exact) mass is 240 g/mol. The van der Waals surface area contributed by atoms with E-state index < -0.39 is 0 Å². The molecule has 1 fully saturated rings. The third-order valence-electron chi connectivity index (χ3n) is 3.60. The first-order valence-electron chi connectivity index (χ1n) is 7.26. The number of nitrogens with one attached hydrogen (secondary N) is 1. The summed E-state index contributed by atoms with van der Waals surface area (Å²) in [6.45, 7) is 7.77. The van der Waals surface area contributed by atoms with Crippen LogP contribution in [-0.2, 0) is 4.79 Å². The van der Waals surface area contributed by atoms with Crippen molar-refractivity contribution >= 4 is 5.91 Å². The highest BCUT2D eigenvalue weighted by atomic mass is 16.2. The van der Waals surface area contributed by atoms with E-state index in [-0.39, 0.29) is 5.91 Å². The fourth-order valence-corrected chi connectivity index (χ4v) is 2.60. The topological polar surface area (TPSA) is 32.3 Å². The molecule has 0 spiro atoms. The van der Waals surface area contributed by atoms with Crippen LogP contribution in [0.15, 0.2) is 0 Å². The Hall–Kier alpha value is -0.570. The molecule has 0 radical (unpaired) electrons. The van der Waals surface area contributed by atoms with Crippen LogP contribution in [0.2, 0.25) is 0 Å². The van der Waals surface area contributed by atoms with Gasteiger partial charge in [-0.25, -0.2) is 0 Å². The predicted molar refractivity (Wildman–Crippen MR) is 72.0 cm³/mol. The van der Waals surface area contributed by atoms with Gasteiger partial charge in [-0.2, -0.15) is 0 Å². The van der Waals surface area contributed by atoms with Gasteiger partial charge in [-0.05, 0) is 38.1 Å². The molecule has 1 rings (SSSR count). The number of nitrogens with zero attached hydrogens (tertiary/aromatic N) is 1. The van der Waals surface area contributed by atoms with Crippen LogP contribution in [0, 0.1) is 5.92 Å². The second kappa shape index (κ2) is 8.51. The van der Waals surface area contributed by atoms with Crippen molar-refractivity contribution in [3.63, 3.8) is 0 Å². The largest absolute Gasteiger partial charge is 0.342 e. The second-order valence-corrected chi connectivity index (χ2v) is 5.14. The maximum atomic E-state index is 12.0. The molecule has 0 aromatic heterocycles. The maximum Gasteiger partial charge on any atom is 0.236 e. The summed E-state index contributed by atoms with van der Waals surface area (Å²) in [6, 6.07) is 0. The molecule has 0 aromatic rings. The highest BCUT2D eigenvalue weighted by Gasteiger charge is 2.19. The fourth-order valence-electron chi connectivity index (χ4n) is 2.60. The number of likely N-dealkylation sites (tertiary alicyclic amines) is 1. The Labute approximate surface area is 106 Å². The van der Waals surface area contributed by atoms with Crippen LogP contribution < -0.4 is 5.32 Å². The summed E-state index contributed by atoms with van der Waals surface area (Å²) >= 11 is 0. The van der Waals surface area contributed by atoms with Crippen molar-refractivity contribution in [3.8, 4) is 0 Å². The smallest absolute Gasteiger partial charge is 0.236 e. The first-order valence-corrected chi connectivity index (χ1v) is 7.26. The molecule has 1 N–H and O–H groups in total. The predicted octanol–water partition coefficient (Wildman–Crippen LogP) is 2.41. The number of hydrogen-bond acceptors (Lipinski definition) is 2. The molecular formula is C14H28N2O. The van der Waals surface area contributed by atoms with Gasteiger partial charge in [0, 0.05) is 13.1 Å². The number of hydrogen-bond donors (Lipinski definition) is 1. The van der Waals surface area contributed by atoms with Crippen LogP contribution in [-0.4, -0.2) is 37.0 Å². The van der Waals surface area contributed by atoms with Crippen LogP contribution in [0.5, 0.6) is 0 Å². The zero-order valence-corrected chi connectivity index (χ0v) is 11.5. The average molecular weight is 240 g/mol. The highest BCUT2D eigenvalue weighted by molar-refractivity contribution is 5.78. The number of rotatable bonds is 6. The maximum absolute atomic E-state index is 12.0. The van der Waals surface area contributed by atoms with E-state index in [0.717, 1.165) is 32.0 Å². The van der Waals surface area contributed by atoms with Gasteiger partial charge < -0.3 is 10.2 Å². The lowest BCUT2D eigenvalue weighted by Gasteiger charge is -2.20. The van der Waals surface area contributed by atoms with Gasteiger partial charge in [-0.15, -0.1) is 0 Å². The van der Waals surface area contributed by atoms with Gasteiger partial charge in [-0.3, -0.25) is 4.79 Å². The molecule has 1 unspecified atom stereocenters. The van der Waals surface area contributed by atoms with Crippen LogP contribution in [0.1, 0.15) is 52.4 Å². The van der Waals surface area contributed by atoms with E-state index in [0.29, 0.717) is 6.54 Å². The second-order valence-electron chi connectivity index (χ2n) is 5.14. The molecule has 1 saturated heterocycles. The molecule has 3 nitrogen and oxygen atoms in total. The van der Waals surface area contributed by atoms with Crippen LogP contribution in [0.3, 0.4) is 0 Å². The number of carbonyl (C=O) groups is 1.